The summed E-state index contributed by atoms with van der Waals surface area (Å²) in [4.78, 5) is 10.7. The van der Waals surface area contributed by atoms with Crippen LogP contribution in [0.1, 0.15) is 13.3 Å². The van der Waals surface area contributed by atoms with E-state index in [4.69, 9.17) is 5.14 Å². The number of aliphatic hydroxyl groups is 1. The average Bonchev–Trinajstić information content (AvgIpc) is 2.15. The summed E-state index contributed by atoms with van der Waals surface area (Å²) in [5.74, 6) is -0.147. The smallest absolute Gasteiger partial charge is 0.238 e. The molecule has 0 saturated heterocycles. The van der Waals surface area contributed by atoms with Crippen LogP contribution >= 0.6 is 0 Å². The second kappa shape index (κ2) is 5.26. The number of hydrogen-bond acceptors (Lipinski definition) is 5. The van der Waals surface area contributed by atoms with Crippen LogP contribution < -0.4 is 10.5 Å². The summed E-state index contributed by atoms with van der Waals surface area (Å²) in [6.07, 6.45) is -1.01. The van der Waals surface area contributed by atoms with Crippen LogP contribution in [0.3, 0.4) is 0 Å². The molecule has 0 aliphatic heterocycles. The molecule has 1 atom stereocenters. The lowest BCUT2D eigenvalue weighted by atomic mass is 10.2. The lowest BCUT2D eigenvalue weighted by Gasteiger charge is -2.12. The van der Waals surface area contributed by atoms with Gasteiger partial charge in [-0.25, -0.2) is 13.6 Å². The van der Waals surface area contributed by atoms with Gasteiger partial charge in [-0.1, -0.05) is 0 Å². The van der Waals surface area contributed by atoms with E-state index in [9.17, 15) is 18.3 Å². The van der Waals surface area contributed by atoms with E-state index in [2.05, 4.69) is 5.32 Å². The SMILES string of the molecule is CC(=O)CC(O)Nc1ccc(S(N)(=O)=O)cc1. The Morgan fingerprint density at radius 3 is 2.35 bits per heavy atom. The van der Waals surface area contributed by atoms with Gasteiger partial charge in [0.1, 0.15) is 12.0 Å². The van der Waals surface area contributed by atoms with Crippen molar-refractivity contribution in [1.82, 2.24) is 0 Å². The highest BCUT2D eigenvalue weighted by Gasteiger charge is 2.09. The number of anilines is 1. The number of carbonyl (C=O) groups excluding carboxylic acids is 1. The fraction of sp³-hybridized carbons (Fsp3) is 0.300. The molecule has 0 radical (unpaired) electrons. The summed E-state index contributed by atoms with van der Waals surface area (Å²) < 4.78 is 22.0. The number of nitrogens with one attached hydrogen (secondary N) is 1. The molecular formula is C10H14N2O4S. The Bertz CT molecular complexity index is 496. The number of rotatable bonds is 5. The van der Waals surface area contributed by atoms with E-state index in [1.54, 1.807) is 0 Å². The number of sulfonamides is 1. The fourth-order valence-electron chi connectivity index (χ4n) is 1.26. The van der Waals surface area contributed by atoms with Gasteiger partial charge in [-0.05, 0) is 31.2 Å². The molecule has 0 bridgehead atoms. The molecule has 1 aromatic rings. The fourth-order valence-corrected chi connectivity index (χ4v) is 1.77. The standard InChI is InChI=1S/C10H14N2O4S/c1-7(13)6-10(14)12-8-2-4-9(5-3-8)17(11,15)16/h2-5,10,12,14H,6H2,1H3,(H2,11,15,16). The highest BCUT2D eigenvalue weighted by atomic mass is 32.2. The van der Waals surface area contributed by atoms with Crippen LogP contribution in [-0.4, -0.2) is 25.5 Å². The molecule has 6 nitrogen and oxygen atoms in total. The van der Waals surface area contributed by atoms with E-state index in [-0.39, 0.29) is 17.1 Å². The molecule has 7 heteroatoms. The first-order chi connectivity index (χ1) is 7.79. The highest BCUT2D eigenvalue weighted by molar-refractivity contribution is 7.89. The molecule has 0 aliphatic carbocycles. The summed E-state index contributed by atoms with van der Waals surface area (Å²) in [5.41, 5.74) is 0.506. The summed E-state index contributed by atoms with van der Waals surface area (Å²) in [6.45, 7) is 1.37. The number of ketones is 1. The molecule has 0 spiro atoms. The van der Waals surface area contributed by atoms with Gasteiger partial charge in [-0.15, -0.1) is 0 Å². The van der Waals surface area contributed by atoms with Gasteiger partial charge in [-0.2, -0.15) is 0 Å². The van der Waals surface area contributed by atoms with Crippen molar-refractivity contribution in [3.05, 3.63) is 24.3 Å². The molecule has 4 N–H and O–H groups in total. The van der Waals surface area contributed by atoms with Crippen molar-refractivity contribution in [3.63, 3.8) is 0 Å². The molecule has 0 heterocycles. The van der Waals surface area contributed by atoms with Crippen molar-refractivity contribution in [1.29, 1.82) is 0 Å². The normalized spacial score (nSPS) is 13.1. The zero-order valence-corrected chi connectivity index (χ0v) is 10.1. The third kappa shape index (κ3) is 4.51. The van der Waals surface area contributed by atoms with Gasteiger partial charge in [0.15, 0.2) is 0 Å². The molecule has 17 heavy (non-hydrogen) atoms. The Kier molecular flexibility index (Phi) is 4.22. The largest absolute Gasteiger partial charge is 0.373 e. The molecule has 0 saturated carbocycles. The monoisotopic (exact) mass is 258 g/mol. The van der Waals surface area contributed by atoms with Crippen LogP contribution in [-0.2, 0) is 14.8 Å². The maximum absolute atomic E-state index is 11.0. The van der Waals surface area contributed by atoms with Crippen LogP contribution in [0.5, 0.6) is 0 Å². The van der Waals surface area contributed by atoms with E-state index in [0.29, 0.717) is 5.69 Å². The van der Waals surface area contributed by atoms with E-state index in [1.165, 1.54) is 31.2 Å². The molecular weight excluding hydrogens is 244 g/mol. The Balaban J connectivity index is 2.72. The highest BCUT2D eigenvalue weighted by Crippen LogP contribution is 2.13. The van der Waals surface area contributed by atoms with Crippen molar-refractivity contribution >= 4 is 21.5 Å². The molecule has 1 unspecified atom stereocenters. The second-order valence-corrected chi connectivity index (χ2v) is 5.20. The second-order valence-electron chi connectivity index (χ2n) is 3.64. The van der Waals surface area contributed by atoms with Crippen LogP contribution in [0.2, 0.25) is 0 Å². The lowest BCUT2D eigenvalue weighted by Crippen LogP contribution is -2.21. The Morgan fingerprint density at radius 2 is 1.94 bits per heavy atom. The first-order valence-electron chi connectivity index (χ1n) is 4.86. The Hall–Kier alpha value is -1.44. The predicted octanol–water partition coefficient (Wildman–Crippen LogP) is 0.0434. The summed E-state index contributed by atoms with van der Waals surface area (Å²) in [7, 11) is -3.71. The van der Waals surface area contributed by atoms with Crippen molar-refractivity contribution in [2.45, 2.75) is 24.5 Å². The molecule has 0 aromatic heterocycles. The van der Waals surface area contributed by atoms with E-state index in [1.807, 2.05) is 0 Å². The number of benzene rings is 1. The molecule has 1 rings (SSSR count). The number of nitrogens with two attached hydrogens (primary N) is 1. The number of primary sulfonamides is 1. The van der Waals surface area contributed by atoms with Crippen molar-refractivity contribution < 1.29 is 18.3 Å². The zero-order valence-electron chi connectivity index (χ0n) is 9.25. The van der Waals surface area contributed by atoms with Crippen molar-refractivity contribution in [2.24, 2.45) is 5.14 Å². The quantitative estimate of drug-likeness (QED) is 0.646. The molecule has 0 fully saturated rings. The summed E-state index contributed by atoms with van der Waals surface area (Å²) >= 11 is 0. The molecule has 0 aliphatic rings. The lowest BCUT2D eigenvalue weighted by molar-refractivity contribution is -0.118. The van der Waals surface area contributed by atoms with Crippen molar-refractivity contribution in [2.75, 3.05) is 5.32 Å². The van der Waals surface area contributed by atoms with Gasteiger partial charge in [0.25, 0.3) is 0 Å². The molecule has 0 amide bonds. The Morgan fingerprint density at radius 1 is 1.41 bits per heavy atom. The minimum atomic E-state index is -3.71. The zero-order chi connectivity index (χ0) is 13.1. The number of Topliss-reactive ketones (excluding diaryl/α,β-unsaturated/α-hetero) is 1. The van der Waals surface area contributed by atoms with E-state index < -0.39 is 16.3 Å². The van der Waals surface area contributed by atoms with Crippen LogP contribution in [0, 0.1) is 0 Å². The van der Waals surface area contributed by atoms with E-state index >= 15 is 0 Å². The van der Waals surface area contributed by atoms with Gasteiger partial charge in [0.2, 0.25) is 10.0 Å². The minimum Gasteiger partial charge on any atom is -0.373 e. The van der Waals surface area contributed by atoms with Crippen molar-refractivity contribution in [3.8, 4) is 0 Å². The number of carbonyl (C=O) groups is 1. The molecule has 1 aromatic carbocycles. The van der Waals surface area contributed by atoms with Crippen LogP contribution in [0.4, 0.5) is 5.69 Å². The predicted molar refractivity (Wildman–Crippen MR) is 62.7 cm³/mol. The van der Waals surface area contributed by atoms with Crippen LogP contribution in [0.25, 0.3) is 0 Å². The molecule has 94 valence electrons. The van der Waals surface area contributed by atoms with Gasteiger partial charge < -0.3 is 10.4 Å². The third-order valence-corrected chi connectivity index (χ3v) is 2.93. The number of hydrogen-bond donors (Lipinski definition) is 3. The maximum Gasteiger partial charge on any atom is 0.238 e. The minimum absolute atomic E-state index is 0.0101. The van der Waals surface area contributed by atoms with Gasteiger partial charge in [0, 0.05) is 5.69 Å². The maximum atomic E-state index is 11.0. The van der Waals surface area contributed by atoms with Gasteiger partial charge in [0.05, 0.1) is 11.3 Å². The first kappa shape index (κ1) is 13.6. The average molecular weight is 258 g/mol. The summed E-state index contributed by atoms with van der Waals surface area (Å²) in [6, 6.07) is 5.56. The number of aliphatic hydroxyl groups excluding tert-OH is 1. The topological polar surface area (TPSA) is 109 Å². The van der Waals surface area contributed by atoms with E-state index in [0.717, 1.165) is 0 Å². The Labute approximate surface area is 99.5 Å². The summed E-state index contributed by atoms with van der Waals surface area (Å²) in [5, 5.41) is 17.0. The van der Waals surface area contributed by atoms with Gasteiger partial charge >= 0.3 is 0 Å². The third-order valence-electron chi connectivity index (χ3n) is 2.00. The van der Waals surface area contributed by atoms with Gasteiger partial charge in [-0.3, -0.25) is 4.79 Å². The first-order valence-corrected chi connectivity index (χ1v) is 6.40. The van der Waals surface area contributed by atoms with Crippen LogP contribution in [0.15, 0.2) is 29.2 Å².